The smallest absolute Gasteiger partial charge is 0.328 e. The van der Waals surface area contributed by atoms with Gasteiger partial charge < -0.3 is 9.30 Å². The molecular formula is C14H14F2N2O3. The fourth-order valence-electron chi connectivity index (χ4n) is 2.01. The zero-order valence-electron chi connectivity index (χ0n) is 11.6. The monoisotopic (exact) mass is 296 g/mol. The predicted molar refractivity (Wildman–Crippen MR) is 72.2 cm³/mol. The molecule has 0 saturated heterocycles. The van der Waals surface area contributed by atoms with Gasteiger partial charge in [0.05, 0.1) is 11.0 Å². The Kier molecular flexibility index (Phi) is 4.02. The van der Waals surface area contributed by atoms with Crippen molar-refractivity contribution >= 4 is 17.0 Å². The van der Waals surface area contributed by atoms with Gasteiger partial charge in [-0.25, -0.2) is 4.98 Å². The molecule has 5 nitrogen and oxygen atoms in total. The number of ether oxygens (including phenoxy) is 1. The highest BCUT2D eigenvalue weighted by atomic mass is 19.3. The number of halogens is 2. The van der Waals surface area contributed by atoms with E-state index in [0.29, 0.717) is 5.52 Å². The summed E-state index contributed by atoms with van der Waals surface area (Å²) in [5.41, 5.74) is -1.02. The molecule has 0 N–H and O–H groups in total. The number of para-hydroxylation sites is 2. The number of aryl methyl sites for hydroxylation is 1. The molecule has 2 rings (SSSR count). The molecule has 0 unspecified atom stereocenters. The van der Waals surface area contributed by atoms with Crippen LogP contribution in [0.1, 0.15) is 19.5 Å². The first-order valence-electron chi connectivity index (χ1n) is 6.38. The molecule has 0 aliphatic heterocycles. The van der Waals surface area contributed by atoms with Gasteiger partial charge in [0.1, 0.15) is 0 Å². The number of carbonyl (C=O) groups excluding carboxylic acids is 1. The second-order valence-electron chi connectivity index (χ2n) is 4.48. The van der Waals surface area contributed by atoms with Crippen LogP contribution in [-0.4, -0.2) is 22.1 Å². The normalized spacial score (nSPS) is 11.6. The Morgan fingerprint density at radius 1 is 1.38 bits per heavy atom. The highest BCUT2D eigenvalue weighted by Gasteiger charge is 2.39. The molecule has 0 spiro atoms. The van der Waals surface area contributed by atoms with Crippen LogP contribution < -0.4 is 5.56 Å². The maximum atomic E-state index is 14.1. The van der Waals surface area contributed by atoms with Gasteiger partial charge in [-0.1, -0.05) is 12.1 Å². The number of aromatic nitrogens is 2. The van der Waals surface area contributed by atoms with E-state index in [-0.39, 0.29) is 12.1 Å². The minimum atomic E-state index is -3.64. The van der Waals surface area contributed by atoms with Gasteiger partial charge in [0.15, 0.2) is 12.3 Å². The van der Waals surface area contributed by atoms with Crippen LogP contribution in [0.25, 0.3) is 11.0 Å². The minimum absolute atomic E-state index is 0.235. The number of alkyl halides is 2. The Balaban J connectivity index is 2.61. The van der Waals surface area contributed by atoms with Crippen molar-refractivity contribution in [2.24, 2.45) is 0 Å². The zero-order chi connectivity index (χ0) is 15.6. The maximum Gasteiger partial charge on any atom is 0.328 e. The number of fused-ring (bicyclic) bond motifs is 1. The summed E-state index contributed by atoms with van der Waals surface area (Å²) in [6, 6.07) is 6.54. The Hall–Kier alpha value is -2.31. The molecule has 0 bridgehead atoms. The van der Waals surface area contributed by atoms with Gasteiger partial charge in [-0.05, 0) is 19.1 Å². The number of hydrogen-bond donors (Lipinski definition) is 0. The van der Waals surface area contributed by atoms with Gasteiger partial charge in [-0.3, -0.25) is 9.59 Å². The van der Waals surface area contributed by atoms with Crippen molar-refractivity contribution in [2.75, 3.05) is 6.61 Å². The molecule has 0 amide bonds. The third kappa shape index (κ3) is 2.91. The first-order valence-corrected chi connectivity index (χ1v) is 6.38. The highest BCUT2D eigenvalue weighted by Crippen LogP contribution is 2.25. The lowest BCUT2D eigenvalue weighted by Gasteiger charge is -2.17. The summed E-state index contributed by atoms with van der Waals surface area (Å²) in [7, 11) is 0. The lowest BCUT2D eigenvalue weighted by molar-refractivity contribution is -0.154. The molecular weight excluding hydrogens is 282 g/mol. The molecule has 1 heterocycles. The van der Waals surface area contributed by atoms with Crippen LogP contribution in [0, 0.1) is 0 Å². The SMILES string of the molecule is CCn1c(=O)c(C(F)(F)COC(C)=O)nc2ccccc21. The van der Waals surface area contributed by atoms with Gasteiger partial charge in [-0.15, -0.1) is 0 Å². The molecule has 21 heavy (non-hydrogen) atoms. The van der Waals surface area contributed by atoms with Gasteiger partial charge in [0.2, 0.25) is 0 Å². The number of benzene rings is 1. The van der Waals surface area contributed by atoms with E-state index in [9.17, 15) is 18.4 Å². The largest absolute Gasteiger partial charge is 0.459 e. The Labute approximate surface area is 119 Å². The van der Waals surface area contributed by atoms with Crippen LogP contribution in [0.5, 0.6) is 0 Å². The third-order valence-corrected chi connectivity index (χ3v) is 2.97. The summed E-state index contributed by atoms with van der Waals surface area (Å²) in [5, 5.41) is 0. The zero-order valence-corrected chi connectivity index (χ0v) is 11.6. The summed E-state index contributed by atoms with van der Waals surface area (Å²) in [5.74, 6) is -4.48. The second-order valence-corrected chi connectivity index (χ2v) is 4.48. The first kappa shape index (κ1) is 15.1. The fourth-order valence-corrected chi connectivity index (χ4v) is 2.01. The first-order chi connectivity index (χ1) is 9.86. The number of hydrogen-bond acceptors (Lipinski definition) is 4. The van der Waals surface area contributed by atoms with Gasteiger partial charge in [-0.2, -0.15) is 8.78 Å². The molecule has 0 atom stereocenters. The van der Waals surface area contributed by atoms with Crippen LogP contribution in [0.2, 0.25) is 0 Å². The van der Waals surface area contributed by atoms with Gasteiger partial charge in [0, 0.05) is 13.5 Å². The quantitative estimate of drug-likeness (QED) is 0.810. The summed E-state index contributed by atoms with van der Waals surface area (Å²) in [6.07, 6.45) is 0. The van der Waals surface area contributed by atoms with Gasteiger partial charge >= 0.3 is 11.9 Å². The maximum absolute atomic E-state index is 14.1. The van der Waals surface area contributed by atoms with Crippen LogP contribution in [0.3, 0.4) is 0 Å². The number of rotatable bonds is 4. The predicted octanol–water partition coefficient (Wildman–Crippen LogP) is 2.07. The molecule has 2 aromatic rings. The van der Waals surface area contributed by atoms with E-state index >= 15 is 0 Å². The van der Waals surface area contributed by atoms with E-state index in [1.807, 2.05) is 0 Å². The van der Waals surface area contributed by atoms with Crippen molar-refractivity contribution in [1.82, 2.24) is 9.55 Å². The molecule has 0 aliphatic carbocycles. The average molecular weight is 296 g/mol. The molecule has 1 aromatic heterocycles. The van der Waals surface area contributed by atoms with Crippen molar-refractivity contribution in [3.63, 3.8) is 0 Å². The summed E-state index contributed by atoms with van der Waals surface area (Å²) < 4.78 is 33.7. The van der Waals surface area contributed by atoms with Crippen LogP contribution in [0.4, 0.5) is 8.78 Å². The van der Waals surface area contributed by atoms with E-state index in [0.717, 1.165) is 6.92 Å². The Bertz CT molecular complexity index is 741. The minimum Gasteiger partial charge on any atom is -0.459 e. The molecule has 7 heteroatoms. The Morgan fingerprint density at radius 2 is 2.05 bits per heavy atom. The summed E-state index contributed by atoms with van der Waals surface area (Å²) in [4.78, 5) is 26.6. The molecule has 0 aliphatic rings. The van der Waals surface area contributed by atoms with Crippen molar-refractivity contribution in [3.05, 3.63) is 40.3 Å². The molecule has 0 fully saturated rings. The summed E-state index contributed by atoms with van der Waals surface area (Å²) in [6.45, 7) is 1.74. The van der Waals surface area contributed by atoms with E-state index in [2.05, 4.69) is 9.72 Å². The van der Waals surface area contributed by atoms with Crippen molar-refractivity contribution in [1.29, 1.82) is 0 Å². The van der Waals surface area contributed by atoms with Crippen molar-refractivity contribution < 1.29 is 18.3 Å². The van der Waals surface area contributed by atoms with E-state index in [1.165, 1.54) is 4.57 Å². The average Bonchev–Trinajstić information content (AvgIpc) is 2.44. The summed E-state index contributed by atoms with van der Waals surface area (Å²) >= 11 is 0. The second kappa shape index (κ2) is 5.59. The molecule has 0 saturated carbocycles. The van der Waals surface area contributed by atoms with E-state index in [1.54, 1.807) is 31.2 Å². The molecule has 0 radical (unpaired) electrons. The van der Waals surface area contributed by atoms with Crippen LogP contribution in [0.15, 0.2) is 29.1 Å². The number of esters is 1. The number of carbonyl (C=O) groups is 1. The lowest BCUT2D eigenvalue weighted by atomic mass is 10.2. The number of nitrogens with zero attached hydrogens (tertiary/aromatic N) is 2. The third-order valence-electron chi connectivity index (χ3n) is 2.97. The van der Waals surface area contributed by atoms with Crippen molar-refractivity contribution in [2.45, 2.75) is 26.3 Å². The lowest BCUT2D eigenvalue weighted by Crippen LogP contribution is -2.35. The van der Waals surface area contributed by atoms with Gasteiger partial charge in [0.25, 0.3) is 5.56 Å². The topological polar surface area (TPSA) is 61.2 Å². The standard InChI is InChI=1S/C14H14F2N2O3/c1-3-18-11-7-5-4-6-10(11)17-12(13(18)20)14(15,16)8-21-9(2)19/h4-7H,3,8H2,1-2H3. The fraction of sp³-hybridized carbons (Fsp3) is 0.357. The van der Waals surface area contributed by atoms with Crippen LogP contribution in [-0.2, 0) is 22.0 Å². The highest BCUT2D eigenvalue weighted by molar-refractivity contribution is 5.74. The Morgan fingerprint density at radius 3 is 2.67 bits per heavy atom. The van der Waals surface area contributed by atoms with Crippen molar-refractivity contribution in [3.8, 4) is 0 Å². The van der Waals surface area contributed by atoms with E-state index < -0.39 is 29.8 Å². The molecule has 1 aromatic carbocycles. The van der Waals surface area contributed by atoms with Crippen LogP contribution >= 0.6 is 0 Å². The molecule has 112 valence electrons. The van der Waals surface area contributed by atoms with E-state index in [4.69, 9.17) is 0 Å².